The van der Waals surface area contributed by atoms with Crippen LogP contribution in [0.25, 0.3) is 10.8 Å². The maximum Gasteiger partial charge on any atom is 0.261 e. The van der Waals surface area contributed by atoms with Crippen molar-refractivity contribution in [3.05, 3.63) is 41.5 Å². The van der Waals surface area contributed by atoms with Crippen LogP contribution in [0.5, 0.6) is 0 Å². The first kappa shape index (κ1) is 12.7. The molecule has 1 aliphatic heterocycles. The molecule has 3 rings (SSSR count). The molecule has 0 saturated heterocycles. The first-order valence-electron chi connectivity index (χ1n) is 6.65. The van der Waals surface area contributed by atoms with E-state index in [0.29, 0.717) is 11.1 Å². The van der Waals surface area contributed by atoms with Gasteiger partial charge in [-0.1, -0.05) is 12.1 Å². The Bertz CT molecular complexity index is 714. The maximum absolute atomic E-state index is 12.3. The Hall–Kier alpha value is -2.36. The predicted octanol–water partition coefficient (Wildman–Crippen LogP) is 2.52. The topological polar surface area (TPSA) is 40.6 Å². The largest absolute Gasteiger partial charge is 0.374 e. The number of carbonyl (C=O) groups is 2. The van der Waals surface area contributed by atoms with E-state index in [-0.39, 0.29) is 11.8 Å². The summed E-state index contributed by atoms with van der Waals surface area (Å²) in [5, 5.41) is 1.73. The smallest absolute Gasteiger partial charge is 0.261 e. The number of hydrogen-bond acceptors (Lipinski definition) is 3. The van der Waals surface area contributed by atoms with Gasteiger partial charge < -0.3 is 4.90 Å². The van der Waals surface area contributed by atoms with Crippen molar-refractivity contribution in [3.63, 3.8) is 0 Å². The summed E-state index contributed by atoms with van der Waals surface area (Å²) in [5.74, 6) is -0.464. The van der Waals surface area contributed by atoms with Crippen LogP contribution in [0.3, 0.4) is 0 Å². The van der Waals surface area contributed by atoms with Gasteiger partial charge in [0.15, 0.2) is 0 Å². The van der Waals surface area contributed by atoms with Gasteiger partial charge >= 0.3 is 0 Å². The lowest BCUT2D eigenvalue weighted by Crippen LogP contribution is -2.37. The van der Waals surface area contributed by atoms with Crippen molar-refractivity contribution in [2.45, 2.75) is 6.92 Å². The number of rotatable bonds is 2. The lowest BCUT2D eigenvalue weighted by molar-refractivity contribution is 0.0651. The molecule has 2 aromatic rings. The van der Waals surface area contributed by atoms with Gasteiger partial charge in [-0.15, -0.1) is 0 Å². The Morgan fingerprint density at radius 3 is 2.35 bits per heavy atom. The Kier molecular flexibility index (Phi) is 2.74. The fraction of sp³-hybridized carbons (Fsp3) is 0.250. The number of amides is 2. The number of benzene rings is 2. The predicted molar refractivity (Wildman–Crippen MR) is 79.3 cm³/mol. The van der Waals surface area contributed by atoms with Crippen LogP contribution < -0.4 is 4.90 Å². The number of carbonyl (C=O) groups excluding carboxylic acids is 2. The van der Waals surface area contributed by atoms with Crippen molar-refractivity contribution in [3.8, 4) is 0 Å². The second-order valence-corrected chi connectivity index (χ2v) is 5.04. The van der Waals surface area contributed by atoms with Gasteiger partial charge in [0.1, 0.15) is 0 Å². The van der Waals surface area contributed by atoms with Crippen molar-refractivity contribution in [1.82, 2.24) is 4.90 Å². The van der Waals surface area contributed by atoms with E-state index in [9.17, 15) is 9.59 Å². The molecule has 0 fully saturated rings. The summed E-state index contributed by atoms with van der Waals surface area (Å²) >= 11 is 0. The van der Waals surface area contributed by atoms with E-state index >= 15 is 0 Å². The second-order valence-electron chi connectivity index (χ2n) is 5.04. The second kappa shape index (κ2) is 4.34. The average molecular weight is 268 g/mol. The van der Waals surface area contributed by atoms with Gasteiger partial charge in [0.2, 0.25) is 0 Å². The summed E-state index contributed by atoms with van der Waals surface area (Å²) in [5.41, 5.74) is 2.25. The Morgan fingerprint density at radius 2 is 1.70 bits per heavy atom. The molecule has 0 bridgehead atoms. The number of anilines is 1. The molecule has 0 atom stereocenters. The maximum atomic E-state index is 12.3. The van der Waals surface area contributed by atoms with Crippen LogP contribution in [0.2, 0.25) is 0 Å². The zero-order valence-corrected chi connectivity index (χ0v) is 11.8. The highest BCUT2D eigenvalue weighted by molar-refractivity contribution is 6.26. The van der Waals surface area contributed by atoms with E-state index < -0.39 is 0 Å². The molecule has 0 N–H and O–H groups in total. The SMILES string of the molecule is CCN(C)c1ccc2c3c(cccc13)C(=O)N(C)C2=O. The zero-order chi connectivity index (χ0) is 14.4. The van der Waals surface area contributed by atoms with Crippen molar-refractivity contribution in [1.29, 1.82) is 0 Å². The summed E-state index contributed by atoms with van der Waals surface area (Å²) in [6, 6.07) is 9.39. The molecule has 0 spiro atoms. The van der Waals surface area contributed by atoms with E-state index in [4.69, 9.17) is 0 Å². The summed E-state index contributed by atoms with van der Waals surface area (Å²) < 4.78 is 0. The molecule has 102 valence electrons. The molecule has 0 radical (unpaired) electrons. The highest BCUT2D eigenvalue weighted by atomic mass is 16.2. The van der Waals surface area contributed by atoms with E-state index in [1.165, 1.54) is 11.9 Å². The molecule has 2 aromatic carbocycles. The molecule has 0 aromatic heterocycles. The molecule has 4 heteroatoms. The molecule has 0 aliphatic carbocycles. The van der Waals surface area contributed by atoms with E-state index in [2.05, 4.69) is 11.8 Å². The van der Waals surface area contributed by atoms with Crippen molar-refractivity contribution >= 4 is 28.3 Å². The van der Waals surface area contributed by atoms with Crippen LogP contribution in [0.1, 0.15) is 27.6 Å². The van der Waals surface area contributed by atoms with Gasteiger partial charge in [-0.25, -0.2) is 0 Å². The van der Waals surface area contributed by atoms with Crippen LogP contribution in [-0.4, -0.2) is 37.4 Å². The minimum Gasteiger partial charge on any atom is -0.374 e. The molecule has 4 nitrogen and oxygen atoms in total. The molecule has 20 heavy (non-hydrogen) atoms. The first-order valence-corrected chi connectivity index (χ1v) is 6.65. The molecule has 0 unspecified atom stereocenters. The van der Waals surface area contributed by atoms with E-state index in [1.807, 2.05) is 31.3 Å². The fourth-order valence-electron chi connectivity index (χ4n) is 2.70. The van der Waals surface area contributed by atoms with Crippen LogP contribution in [0.4, 0.5) is 5.69 Å². The number of hydrogen-bond donors (Lipinski definition) is 0. The summed E-state index contributed by atoms with van der Waals surface area (Å²) in [4.78, 5) is 27.8. The first-order chi connectivity index (χ1) is 9.56. The Labute approximate surface area is 117 Å². The fourth-order valence-corrected chi connectivity index (χ4v) is 2.70. The number of imide groups is 1. The van der Waals surface area contributed by atoms with Crippen LogP contribution >= 0.6 is 0 Å². The van der Waals surface area contributed by atoms with Crippen LogP contribution in [0, 0.1) is 0 Å². The third kappa shape index (κ3) is 1.54. The molecular formula is C16H16N2O2. The molecule has 1 heterocycles. The lowest BCUT2D eigenvalue weighted by atomic mass is 9.93. The minimum absolute atomic E-state index is 0.232. The molecule has 0 saturated carbocycles. The van der Waals surface area contributed by atoms with E-state index in [0.717, 1.165) is 23.0 Å². The van der Waals surface area contributed by atoms with Gasteiger partial charge in [0.05, 0.1) is 0 Å². The highest BCUT2D eigenvalue weighted by Gasteiger charge is 2.30. The Morgan fingerprint density at radius 1 is 1.05 bits per heavy atom. The van der Waals surface area contributed by atoms with Crippen LogP contribution in [-0.2, 0) is 0 Å². The minimum atomic E-state index is -0.232. The quantitative estimate of drug-likeness (QED) is 0.786. The summed E-state index contributed by atoms with van der Waals surface area (Å²) in [6.45, 7) is 2.93. The van der Waals surface area contributed by atoms with E-state index in [1.54, 1.807) is 6.07 Å². The monoisotopic (exact) mass is 268 g/mol. The number of nitrogens with zero attached hydrogens (tertiary/aromatic N) is 2. The summed E-state index contributed by atoms with van der Waals surface area (Å²) in [7, 11) is 3.53. The van der Waals surface area contributed by atoms with Gasteiger partial charge in [-0.05, 0) is 25.1 Å². The van der Waals surface area contributed by atoms with Gasteiger partial charge in [-0.2, -0.15) is 0 Å². The third-order valence-electron chi connectivity index (χ3n) is 3.97. The lowest BCUT2D eigenvalue weighted by Gasteiger charge is -2.26. The summed E-state index contributed by atoms with van der Waals surface area (Å²) in [6.07, 6.45) is 0. The normalized spacial score (nSPS) is 14.1. The molecular weight excluding hydrogens is 252 g/mol. The van der Waals surface area contributed by atoms with Crippen LogP contribution in [0.15, 0.2) is 30.3 Å². The van der Waals surface area contributed by atoms with Gasteiger partial charge in [0, 0.05) is 48.2 Å². The van der Waals surface area contributed by atoms with Crippen molar-refractivity contribution < 1.29 is 9.59 Å². The third-order valence-corrected chi connectivity index (χ3v) is 3.97. The van der Waals surface area contributed by atoms with Crippen molar-refractivity contribution in [2.75, 3.05) is 25.5 Å². The van der Waals surface area contributed by atoms with Gasteiger partial charge in [-0.3, -0.25) is 14.5 Å². The molecule has 1 aliphatic rings. The average Bonchev–Trinajstić information content (AvgIpc) is 2.49. The highest BCUT2D eigenvalue weighted by Crippen LogP contribution is 2.35. The zero-order valence-electron chi connectivity index (χ0n) is 11.8. The Balaban J connectivity index is 2.41. The van der Waals surface area contributed by atoms with Gasteiger partial charge in [0.25, 0.3) is 11.8 Å². The standard InChI is InChI=1S/C16H16N2O2/c1-4-17(2)13-9-8-12-14-10(13)6-5-7-11(14)15(19)18(3)16(12)20/h5-9H,4H2,1-3H3. The molecule has 2 amide bonds. The van der Waals surface area contributed by atoms with Crippen molar-refractivity contribution in [2.24, 2.45) is 0 Å².